The summed E-state index contributed by atoms with van der Waals surface area (Å²) in [6.07, 6.45) is 4.95. The van der Waals surface area contributed by atoms with Crippen LogP contribution in [0.4, 0.5) is 11.8 Å². The maximum absolute atomic E-state index is 4.44. The molecule has 0 fully saturated rings. The van der Waals surface area contributed by atoms with Crippen molar-refractivity contribution in [3.8, 4) is 0 Å². The van der Waals surface area contributed by atoms with Gasteiger partial charge in [0.05, 0.1) is 12.7 Å². The number of nitrogens with one attached hydrogen (secondary N) is 2. The summed E-state index contributed by atoms with van der Waals surface area (Å²) in [5.74, 6) is 1.53. The number of nitrogens with zero attached hydrogens (tertiary/aromatic N) is 4. The van der Waals surface area contributed by atoms with Crippen LogP contribution >= 0.6 is 0 Å². The van der Waals surface area contributed by atoms with Crippen molar-refractivity contribution in [2.24, 2.45) is 0 Å². The summed E-state index contributed by atoms with van der Waals surface area (Å²) in [5, 5.41) is 10.8. The first-order valence-electron chi connectivity index (χ1n) is 7.00. The molecule has 20 heavy (non-hydrogen) atoms. The van der Waals surface area contributed by atoms with Gasteiger partial charge in [0.2, 0.25) is 5.95 Å². The normalized spacial score (nSPS) is 10.6. The van der Waals surface area contributed by atoms with Gasteiger partial charge >= 0.3 is 0 Å². The topological polar surface area (TPSA) is 67.7 Å². The first-order chi connectivity index (χ1) is 9.67. The van der Waals surface area contributed by atoms with E-state index < -0.39 is 0 Å². The molecule has 0 aromatic carbocycles. The van der Waals surface area contributed by atoms with E-state index in [0.717, 1.165) is 37.6 Å². The van der Waals surface area contributed by atoms with Crippen molar-refractivity contribution in [2.45, 2.75) is 33.7 Å². The summed E-state index contributed by atoms with van der Waals surface area (Å²) >= 11 is 0. The molecule has 2 N–H and O–H groups in total. The zero-order valence-corrected chi connectivity index (χ0v) is 12.3. The summed E-state index contributed by atoms with van der Waals surface area (Å²) in [7, 11) is 0. The highest BCUT2D eigenvalue weighted by molar-refractivity contribution is 5.42. The lowest BCUT2D eigenvalue weighted by atomic mass is 10.4. The van der Waals surface area contributed by atoms with Crippen molar-refractivity contribution < 1.29 is 0 Å². The third-order valence-corrected chi connectivity index (χ3v) is 2.80. The van der Waals surface area contributed by atoms with E-state index >= 15 is 0 Å². The van der Waals surface area contributed by atoms with E-state index in [4.69, 9.17) is 0 Å². The number of hydrogen-bond donors (Lipinski definition) is 2. The van der Waals surface area contributed by atoms with Crippen molar-refractivity contribution in [2.75, 3.05) is 23.7 Å². The fourth-order valence-electron chi connectivity index (χ4n) is 1.86. The minimum atomic E-state index is 0.685. The standard InChI is InChI=1S/C14H22N6/c1-4-5-16-14-18-12(3)8-13(19-14)15-6-7-20-10-11(2)9-17-20/h8-10H,4-7H2,1-3H3,(H2,15,16,18,19). The molecule has 0 spiro atoms. The maximum Gasteiger partial charge on any atom is 0.224 e. The van der Waals surface area contributed by atoms with Gasteiger partial charge in [-0.2, -0.15) is 10.1 Å². The molecule has 0 amide bonds. The Bertz CT molecular complexity index is 548. The maximum atomic E-state index is 4.44. The molecule has 0 saturated carbocycles. The molecule has 0 radical (unpaired) electrons. The molecule has 2 heterocycles. The molecular formula is C14H22N6. The first kappa shape index (κ1) is 14.3. The van der Waals surface area contributed by atoms with Crippen LogP contribution in [0.15, 0.2) is 18.5 Å². The fourth-order valence-corrected chi connectivity index (χ4v) is 1.86. The number of hydrogen-bond acceptors (Lipinski definition) is 5. The highest BCUT2D eigenvalue weighted by Gasteiger charge is 2.01. The first-order valence-corrected chi connectivity index (χ1v) is 7.00. The summed E-state index contributed by atoms with van der Waals surface area (Å²) in [6, 6.07) is 1.95. The number of aromatic nitrogens is 4. The van der Waals surface area contributed by atoms with Crippen LogP contribution in [-0.4, -0.2) is 32.8 Å². The molecule has 0 bridgehead atoms. The van der Waals surface area contributed by atoms with E-state index in [-0.39, 0.29) is 0 Å². The van der Waals surface area contributed by atoms with Gasteiger partial charge in [0, 0.05) is 31.0 Å². The largest absolute Gasteiger partial charge is 0.368 e. The molecule has 0 saturated heterocycles. The van der Waals surface area contributed by atoms with Crippen molar-refractivity contribution >= 4 is 11.8 Å². The van der Waals surface area contributed by atoms with Gasteiger partial charge < -0.3 is 10.6 Å². The van der Waals surface area contributed by atoms with E-state index in [1.54, 1.807) is 0 Å². The SMILES string of the molecule is CCCNc1nc(C)cc(NCCn2cc(C)cn2)n1. The number of aryl methyl sites for hydroxylation is 2. The van der Waals surface area contributed by atoms with Crippen molar-refractivity contribution in [3.05, 3.63) is 29.7 Å². The van der Waals surface area contributed by atoms with Crippen LogP contribution in [0.5, 0.6) is 0 Å². The van der Waals surface area contributed by atoms with Crippen LogP contribution < -0.4 is 10.6 Å². The number of rotatable bonds is 7. The smallest absolute Gasteiger partial charge is 0.224 e. The van der Waals surface area contributed by atoms with Crippen LogP contribution in [0.1, 0.15) is 24.6 Å². The molecule has 0 aliphatic rings. The van der Waals surface area contributed by atoms with Gasteiger partial charge in [-0.15, -0.1) is 0 Å². The van der Waals surface area contributed by atoms with Gasteiger partial charge in [-0.3, -0.25) is 4.68 Å². The van der Waals surface area contributed by atoms with Gasteiger partial charge in [0.25, 0.3) is 0 Å². The number of anilines is 2. The van der Waals surface area contributed by atoms with Gasteiger partial charge in [0.1, 0.15) is 5.82 Å². The van der Waals surface area contributed by atoms with Crippen LogP contribution in [0, 0.1) is 13.8 Å². The summed E-state index contributed by atoms with van der Waals surface area (Å²) < 4.78 is 1.92. The molecule has 0 atom stereocenters. The molecule has 0 aliphatic heterocycles. The van der Waals surface area contributed by atoms with E-state index in [1.807, 2.05) is 37.0 Å². The molecule has 6 nitrogen and oxygen atoms in total. The fraction of sp³-hybridized carbons (Fsp3) is 0.500. The van der Waals surface area contributed by atoms with Crippen LogP contribution in [0.3, 0.4) is 0 Å². The lowest BCUT2D eigenvalue weighted by molar-refractivity contribution is 0.636. The second-order valence-corrected chi connectivity index (χ2v) is 4.85. The highest BCUT2D eigenvalue weighted by atomic mass is 15.3. The minimum Gasteiger partial charge on any atom is -0.368 e. The molecule has 0 unspecified atom stereocenters. The lowest BCUT2D eigenvalue weighted by Crippen LogP contribution is -2.13. The van der Waals surface area contributed by atoms with Gasteiger partial charge in [-0.1, -0.05) is 6.92 Å². The Kier molecular flexibility index (Phi) is 4.92. The second kappa shape index (κ2) is 6.88. The summed E-state index contributed by atoms with van der Waals surface area (Å²) in [4.78, 5) is 8.81. The van der Waals surface area contributed by atoms with Gasteiger partial charge in [0.15, 0.2) is 0 Å². The summed E-state index contributed by atoms with van der Waals surface area (Å²) in [6.45, 7) is 8.61. The van der Waals surface area contributed by atoms with Crippen LogP contribution in [-0.2, 0) is 6.54 Å². The molecule has 0 aliphatic carbocycles. The van der Waals surface area contributed by atoms with Crippen molar-refractivity contribution in [1.82, 2.24) is 19.7 Å². The Hall–Kier alpha value is -2.11. The van der Waals surface area contributed by atoms with Crippen molar-refractivity contribution in [1.29, 1.82) is 0 Å². The zero-order valence-electron chi connectivity index (χ0n) is 12.3. The van der Waals surface area contributed by atoms with E-state index in [1.165, 1.54) is 5.56 Å². The monoisotopic (exact) mass is 274 g/mol. The van der Waals surface area contributed by atoms with E-state index in [2.05, 4.69) is 32.6 Å². The zero-order chi connectivity index (χ0) is 14.4. The van der Waals surface area contributed by atoms with Gasteiger partial charge in [-0.25, -0.2) is 4.98 Å². The predicted octanol–water partition coefficient (Wildman–Crippen LogP) is 2.22. The predicted molar refractivity (Wildman–Crippen MR) is 81.0 cm³/mol. The second-order valence-electron chi connectivity index (χ2n) is 4.85. The molecule has 6 heteroatoms. The quantitative estimate of drug-likeness (QED) is 0.810. The average molecular weight is 274 g/mol. The molecular weight excluding hydrogens is 252 g/mol. The molecule has 2 aromatic heterocycles. The Balaban J connectivity index is 1.89. The minimum absolute atomic E-state index is 0.685. The Morgan fingerprint density at radius 1 is 1.15 bits per heavy atom. The Morgan fingerprint density at radius 2 is 2.00 bits per heavy atom. The molecule has 108 valence electrons. The summed E-state index contributed by atoms with van der Waals surface area (Å²) in [5.41, 5.74) is 2.13. The molecule has 2 rings (SSSR count). The molecule has 2 aromatic rings. The van der Waals surface area contributed by atoms with Crippen LogP contribution in [0.2, 0.25) is 0 Å². The lowest BCUT2D eigenvalue weighted by Gasteiger charge is -2.09. The van der Waals surface area contributed by atoms with Crippen molar-refractivity contribution in [3.63, 3.8) is 0 Å². The third-order valence-electron chi connectivity index (χ3n) is 2.80. The Morgan fingerprint density at radius 3 is 2.70 bits per heavy atom. The Labute approximate surface area is 119 Å². The third kappa shape index (κ3) is 4.22. The van der Waals surface area contributed by atoms with Gasteiger partial charge in [-0.05, 0) is 25.8 Å². The van der Waals surface area contributed by atoms with E-state index in [9.17, 15) is 0 Å². The average Bonchev–Trinajstić information content (AvgIpc) is 2.81. The van der Waals surface area contributed by atoms with E-state index in [0.29, 0.717) is 5.95 Å². The van der Waals surface area contributed by atoms with Crippen LogP contribution in [0.25, 0.3) is 0 Å². The highest BCUT2D eigenvalue weighted by Crippen LogP contribution is 2.09.